The summed E-state index contributed by atoms with van der Waals surface area (Å²) in [5.74, 6) is -0.990. The molecule has 1 rings (SSSR count). The molecule has 0 radical (unpaired) electrons. The Morgan fingerprint density at radius 2 is 2.05 bits per heavy atom. The number of ether oxygens (including phenoxy) is 1. The number of carbonyl (C=O) groups excluding carboxylic acids is 3. The molecule has 0 heterocycles. The minimum atomic E-state index is -0.824. The zero-order chi connectivity index (χ0) is 15.1. The second-order valence-electron chi connectivity index (χ2n) is 4.30. The molecule has 1 atom stereocenters. The molecule has 1 amide bonds. The van der Waals surface area contributed by atoms with Crippen molar-refractivity contribution >= 4 is 33.6 Å². The maximum atomic E-state index is 12.0. The van der Waals surface area contributed by atoms with Crippen LogP contribution >= 0.6 is 15.9 Å². The summed E-state index contributed by atoms with van der Waals surface area (Å²) in [6.45, 7) is 1.43. The van der Waals surface area contributed by atoms with Gasteiger partial charge >= 0.3 is 5.97 Å². The predicted molar refractivity (Wildman–Crippen MR) is 77.3 cm³/mol. The van der Waals surface area contributed by atoms with Crippen molar-refractivity contribution in [3.8, 4) is 0 Å². The van der Waals surface area contributed by atoms with E-state index in [0.717, 1.165) is 4.47 Å². The van der Waals surface area contributed by atoms with Crippen LogP contribution in [0, 0.1) is 0 Å². The molecular formula is C14H16BrNO4. The lowest BCUT2D eigenvalue weighted by molar-refractivity contribution is -0.143. The highest BCUT2D eigenvalue weighted by Crippen LogP contribution is 2.12. The van der Waals surface area contributed by atoms with Gasteiger partial charge in [-0.15, -0.1) is 0 Å². The van der Waals surface area contributed by atoms with Crippen molar-refractivity contribution in [3.05, 3.63) is 34.3 Å². The third-order valence-electron chi connectivity index (χ3n) is 2.66. The van der Waals surface area contributed by atoms with Crippen LogP contribution in [-0.2, 0) is 14.3 Å². The molecule has 1 aromatic rings. The van der Waals surface area contributed by atoms with E-state index in [1.165, 1.54) is 14.0 Å². The Morgan fingerprint density at radius 1 is 1.35 bits per heavy atom. The third kappa shape index (κ3) is 5.13. The second-order valence-corrected chi connectivity index (χ2v) is 5.22. The maximum absolute atomic E-state index is 12.0. The molecule has 20 heavy (non-hydrogen) atoms. The van der Waals surface area contributed by atoms with Crippen molar-refractivity contribution in [1.82, 2.24) is 5.32 Å². The first kappa shape index (κ1) is 16.4. The van der Waals surface area contributed by atoms with Gasteiger partial charge in [0, 0.05) is 16.5 Å². The standard InChI is InChI=1S/C14H16BrNO4/c1-9(17)6-7-12(14(19)20-2)16-13(18)10-4-3-5-11(15)8-10/h3-5,8,12H,6-7H2,1-2H3,(H,16,18)/t12-/m0/s1. The molecule has 0 spiro atoms. The zero-order valence-electron chi connectivity index (χ0n) is 11.3. The van der Waals surface area contributed by atoms with Crippen LogP contribution in [0.1, 0.15) is 30.1 Å². The molecule has 0 saturated heterocycles. The van der Waals surface area contributed by atoms with E-state index in [1.807, 2.05) is 0 Å². The molecule has 108 valence electrons. The zero-order valence-corrected chi connectivity index (χ0v) is 12.9. The Hall–Kier alpha value is -1.69. The summed E-state index contributed by atoms with van der Waals surface area (Å²) in [4.78, 5) is 34.6. The van der Waals surface area contributed by atoms with E-state index in [-0.39, 0.29) is 24.5 Å². The fourth-order valence-corrected chi connectivity index (χ4v) is 2.01. The highest BCUT2D eigenvalue weighted by atomic mass is 79.9. The molecule has 5 nitrogen and oxygen atoms in total. The molecule has 0 aromatic heterocycles. The Kier molecular flexibility index (Phi) is 6.38. The summed E-state index contributed by atoms with van der Waals surface area (Å²) < 4.78 is 5.40. The fraction of sp³-hybridized carbons (Fsp3) is 0.357. The van der Waals surface area contributed by atoms with E-state index in [9.17, 15) is 14.4 Å². The second kappa shape index (κ2) is 7.79. The number of amides is 1. The smallest absolute Gasteiger partial charge is 0.328 e. The van der Waals surface area contributed by atoms with E-state index in [1.54, 1.807) is 24.3 Å². The van der Waals surface area contributed by atoms with Gasteiger partial charge in [-0.1, -0.05) is 22.0 Å². The molecule has 0 bridgehead atoms. The molecule has 6 heteroatoms. The maximum Gasteiger partial charge on any atom is 0.328 e. The monoisotopic (exact) mass is 341 g/mol. The number of halogens is 1. The Balaban J connectivity index is 2.75. The van der Waals surface area contributed by atoms with E-state index in [4.69, 9.17) is 0 Å². The van der Waals surface area contributed by atoms with Crippen molar-refractivity contribution < 1.29 is 19.1 Å². The summed E-state index contributed by atoms with van der Waals surface area (Å²) in [5.41, 5.74) is 0.427. The SMILES string of the molecule is COC(=O)[C@H](CCC(C)=O)NC(=O)c1cccc(Br)c1. The van der Waals surface area contributed by atoms with Gasteiger partial charge in [-0.3, -0.25) is 4.79 Å². The van der Waals surface area contributed by atoms with Crippen molar-refractivity contribution in [2.45, 2.75) is 25.8 Å². The molecule has 0 unspecified atom stereocenters. The van der Waals surface area contributed by atoms with Crippen molar-refractivity contribution in [1.29, 1.82) is 0 Å². The van der Waals surface area contributed by atoms with Crippen LogP contribution in [0.25, 0.3) is 0 Å². The van der Waals surface area contributed by atoms with Gasteiger partial charge in [0.15, 0.2) is 0 Å². The van der Waals surface area contributed by atoms with Crippen LogP contribution in [0.5, 0.6) is 0 Å². The van der Waals surface area contributed by atoms with Crippen LogP contribution in [0.3, 0.4) is 0 Å². The van der Waals surface area contributed by atoms with Gasteiger partial charge < -0.3 is 14.8 Å². The number of nitrogens with one attached hydrogen (secondary N) is 1. The quantitative estimate of drug-likeness (QED) is 0.804. The van der Waals surface area contributed by atoms with E-state index >= 15 is 0 Å². The van der Waals surface area contributed by atoms with Crippen molar-refractivity contribution in [2.75, 3.05) is 7.11 Å². The number of hydrogen-bond acceptors (Lipinski definition) is 4. The van der Waals surface area contributed by atoms with E-state index in [2.05, 4.69) is 26.0 Å². The number of benzene rings is 1. The largest absolute Gasteiger partial charge is 0.467 e. The molecule has 0 fully saturated rings. The highest BCUT2D eigenvalue weighted by Gasteiger charge is 2.22. The lowest BCUT2D eigenvalue weighted by Crippen LogP contribution is -2.41. The van der Waals surface area contributed by atoms with Crippen LogP contribution in [0.2, 0.25) is 0 Å². The van der Waals surface area contributed by atoms with Gasteiger partial charge in [0.25, 0.3) is 5.91 Å². The lowest BCUT2D eigenvalue weighted by Gasteiger charge is -2.16. The number of carbonyl (C=O) groups is 3. The van der Waals surface area contributed by atoms with Gasteiger partial charge in [0.1, 0.15) is 11.8 Å². The van der Waals surface area contributed by atoms with Gasteiger partial charge in [-0.05, 0) is 31.5 Å². The minimum absolute atomic E-state index is 0.0457. The average Bonchev–Trinajstić information content (AvgIpc) is 2.42. The number of methoxy groups -OCH3 is 1. The van der Waals surface area contributed by atoms with Gasteiger partial charge in [-0.25, -0.2) is 4.79 Å². The number of hydrogen-bond donors (Lipinski definition) is 1. The number of ketones is 1. The van der Waals surface area contributed by atoms with Crippen molar-refractivity contribution in [2.24, 2.45) is 0 Å². The normalized spacial score (nSPS) is 11.6. The third-order valence-corrected chi connectivity index (χ3v) is 3.16. The van der Waals surface area contributed by atoms with Gasteiger partial charge in [0.05, 0.1) is 7.11 Å². The summed E-state index contributed by atoms with van der Waals surface area (Å²) in [6, 6.07) is 5.98. The lowest BCUT2D eigenvalue weighted by atomic mass is 10.1. The van der Waals surface area contributed by atoms with Gasteiger partial charge in [-0.2, -0.15) is 0 Å². The van der Waals surface area contributed by atoms with Crippen LogP contribution < -0.4 is 5.32 Å². The van der Waals surface area contributed by atoms with Crippen LogP contribution in [0.4, 0.5) is 0 Å². The summed E-state index contributed by atoms with van der Waals surface area (Å²) in [6.07, 6.45) is 0.431. The first-order chi connectivity index (χ1) is 9.43. The number of Topliss-reactive ketones (excluding diaryl/α,β-unsaturated/α-hetero) is 1. The molecule has 1 N–H and O–H groups in total. The summed E-state index contributed by atoms with van der Waals surface area (Å²) in [7, 11) is 1.24. The summed E-state index contributed by atoms with van der Waals surface area (Å²) in [5, 5.41) is 2.58. The molecule has 1 aromatic carbocycles. The summed E-state index contributed by atoms with van der Waals surface area (Å²) >= 11 is 3.27. The Labute approximate surface area is 125 Å². The molecule has 0 aliphatic heterocycles. The van der Waals surface area contributed by atoms with Crippen LogP contribution in [-0.4, -0.2) is 30.8 Å². The van der Waals surface area contributed by atoms with E-state index in [0.29, 0.717) is 5.56 Å². The Bertz CT molecular complexity index is 516. The Morgan fingerprint density at radius 3 is 2.60 bits per heavy atom. The highest BCUT2D eigenvalue weighted by molar-refractivity contribution is 9.10. The van der Waals surface area contributed by atoms with Gasteiger partial charge in [0.2, 0.25) is 0 Å². The predicted octanol–water partition coefficient (Wildman–Crippen LogP) is 2.09. The first-order valence-electron chi connectivity index (χ1n) is 6.07. The number of esters is 1. The molecule has 0 aliphatic rings. The molecule has 0 saturated carbocycles. The topological polar surface area (TPSA) is 72.5 Å². The average molecular weight is 342 g/mol. The first-order valence-corrected chi connectivity index (χ1v) is 6.87. The van der Waals surface area contributed by atoms with E-state index < -0.39 is 12.0 Å². The molecule has 0 aliphatic carbocycles. The van der Waals surface area contributed by atoms with Crippen LogP contribution in [0.15, 0.2) is 28.7 Å². The minimum Gasteiger partial charge on any atom is -0.467 e. The van der Waals surface area contributed by atoms with Crippen molar-refractivity contribution in [3.63, 3.8) is 0 Å². The molecular weight excluding hydrogens is 326 g/mol. The number of rotatable bonds is 6. The fourth-order valence-electron chi connectivity index (χ4n) is 1.61.